The SMILES string of the molecule is CC(=O)N1CCN(CCSc2cc(-c3nn(CC(O)CN4CCC(O)(c5ccccn5)CC4)c4c3CN(S(C)(=O)=O)CC4)ccc2C(F)(F)F)CC1. The number of alkyl halides is 3. The molecule has 3 aliphatic rings. The number of benzene rings is 1. The van der Waals surface area contributed by atoms with E-state index in [-0.39, 0.29) is 30.4 Å². The number of hydrogen-bond donors (Lipinski definition) is 2. The first-order chi connectivity index (χ1) is 24.6. The van der Waals surface area contributed by atoms with Crippen molar-refractivity contribution in [3.8, 4) is 11.3 Å². The Labute approximate surface area is 306 Å². The van der Waals surface area contributed by atoms with Gasteiger partial charge in [-0.3, -0.25) is 19.4 Å². The number of aromatic nitrogens is 3. The molecule has 1 atom stereocenters. The zero-order valence-electron chi connectivity index (χ0n) is 29.4. The largest absolute Gasteiger partial charge is 0.417 e. The summed E-state index contributed by atoms with van der Waals surface area (Å²) in [6, 6.07) is 9.38. The predicted molar refractivity (Wildman–Crippen MR) is 191 cm³/mol. The number of likely N-dealkylation sites (tertiary alicyclic amines) is 1. The monoisotopic (exact) mass is 765 g/mol. The van der Waals surface area contributed by atoms with Gasteiger partial charge in [-0.1, -0.05) is 12.1 Å². The number of piperidine rings is 1. The molecule has 3 aliphatic heterocycles. The predicted octanol–water partition coefficient (Wildman–Crippen LogP) is 2.88. The van der Waals surface area contributed by atoms with E-state index >= 15 is 0 Å². The van der Waals surface area contributed by atoms with Gasteiger partial charge in [-0.05, 0) is 37.1 Å². The van der Waals surface area contributed by atoms with Gasteiger partial charge in [-0.25, -0.2) is 8.42 Å². The number of carbonyl (C=O) groups excluding carboxylic acids is 1. The lowest BCUT2D eigenvalue weighted by atomic mass is 9.87. The van der Waals surface area contributed by atoms with Crippen LogP contribution in [0.3, 0.4) is 0 Å². The summed E-state index contributed by atoms with van der Waals surface area (Å²) < 4.78 is 70.8. The van der Waals surface area contributed by atoms with E-state index in [0.29, 0.717) is 99.9 Å². The van der Waals surface area contributed by atoms with E-state index in [1.807, 2.05) is 12.1 Å². The Bertz CT molecular complexity index is 1830. The van der Waals surface area contributed by atoms with Gasteiger partial charge in [0.25, 0.3) is 0 Å². The van der Waals surface area contributed by atoms with Crippen molar-refractivity contribution in [2.24, 2.45) is 0 Å². The Hall–Kier alpha value is -3.06. The lowest BCUT2D eigenvalue weighted by Crippen LogP contribution is -2.48. The number of carbonyl (C=O) groups is 1. The highest BCUT2D eigenvalue weighted by Crippen LogP contribution is 2.40. The second-order valence-electron chi connectivity index (χ2n) is 13.9. The summed E-state index contributed by atoms with van der Waals surface area (Å²) in [5.74, 6) is 0.417. The number of aliphatic hydroxyl groups is 2. The molecular weight excluding hydrogens is 720 g/mol. The molecule has 284 valence electrons. The van der Waals surface area contributed by atoms with Crippen molar-refractivity contribution in [1.82, 2.24) is 33.8 Å². The van der Waals surface area contributed by atoms with E-state index in [4.69, 9.17) is 5.10 Å². The third kappa shape index (κ3) is 9.00. The minimum absolute atomic E-state index is 0.0113. The number of pyridine rings is 1. The van der Waals surface area contributed by atoms with Crippen LogP contribution in [0.2, 0.25) is 0 Å². The highest BCUT2D eigenvalue weighted by atomic mass is 32.2. The van der Waals surface area contributed by atoms with Crippen LogP contribution in [0.1, 0.15) is 42.3 Å². The summed E-state index contributed by atoms with van der Waals surface area (Å²) >= 11 is 1.11. The molecule has 0 spiro atoms. The first kappa shape index (κ1) is 38.7. The highest BCUT2D eigenvalue weighted by molar-refractivity contribution is 7.99. The normalized spacial score (nSPS) is 19.8. The maximum absolute atomic E-state index is 14.2. The van der Waals surface area contributed by atoms with Crippen molar-refractivity contribution in [2.75, 3.05) is 70.9 Å². The fourth-order valence-electron chi connectivity index (χ4n) is 7.28. The van der Waals surface area contributed by atoms with Gasteiger partial charge in [0, 0.05) is 112 Å². The average Bonchev–Trinajstić information content (AvgIpc) is 3.46. The Morgan fingerprint density at radius 3 is 2.38 bits per heavy atom. The van der Waals surface area contributed by atoms with E-state index in [2.05, 4.69) is 14.8 Å². The Kier molecular flexibility index (Phi) is 11.7. The molecule has 3 aromatic rings. The summed E-state index contributed by atoms with van der Waals surface area (Å²) in [5, 5.41) is 27.2. The Morgan fingerprint density at radius 1 is 1.02 bits per heavy atom. The number of halogens is 3. The van der Waals surface area contributed by atoms with Crippen molar-refractivity contribution in [1.29, 1.82) is 0 Å². The number of β-amino-alcohol motifs (C(OH)–C–C–N with tert-alkyl or cyclic N) is 1. The van der Waals surface area contributed by atoms with Crippen LogP contribution in [-0.2, 0) is 46.1 Å². The van der Waals surface area contributed by atoms with Crippen LogP contribution in [0, 0.1) is 0 Å². The van der Waals surface area contributed by atoms with Crippen LogP contribution >= 0.6 is 11.8 Å². The standard InChI is InChI=1S/C35H46F3N7O5S2/c1-25(46)43-17-15-41(16-18-43)19-20-51-31-21-26(6-7-29(31)35(36,37)38)33-28-24-44(52(2,49)50)12-8-30(28)45(40-33)23-27(47)22-42-13-9-34(48,10-14-42)32-5-3-4-11-39-32/h3-7,11,21,27,47-48H,8-10,12-20,22-24H2,1-2H3. The minimum Gasteiger partial charge on any atom is -0.390 e. The zero-order chi connectivity index (χ0) is 37.3. The molecule has 0 radical (unpaired) electrons. The summed E-state index contributed by atoms with van der Waals surface area (Å²) in [5.41, 5.74) is 1.04. The van der Waals surface area contributed by atoms with Crippen LogP contribution in [-0.4, -0.2) is 135 Å². The molecule has 5 heterocycles. The van der Waals surface area contributed by atoms with Gasteiger partial charge >= 0.3 is 6.18 Å². The van der Waals surface area contributed by atoms with Crippen molar-refractivity contribution < 1.29 is 36.6 Å². The van der Waals surface area contributed by atoms with Gasteiger partial charge in [0.15, 0.2) is 0 Å². The van der Waals surface area contributed by atoms with E-state index in [1.165, 1.54) is 23.4 Å². The number of piperazine rings is 1. The van der Waals surface area contributed by atoms with Gasteiger partial charge in [0.2, 0.25) is 15.9 Å². The smallest absolute Gasteiger partial charge is 0.390 e. The molecule has 0 aliphatic carbocycles. The maximum atomic E-state index is 14.2. The molecule has 0 bridgehead atoms. The molecule has 1 unspecified atom stereocenters. The molecule has 2 fully saturated rings. The molecule has 2 aromatic heterocycles. The number of hydrogen-bond acceptors (Lipinski definition) is 10. The second kappa shape index (κ2) is 15.7. The van der Waals surface area contributed by atoms with E-state index in [9.17, 15) is 36.6 Å². The van der Waals surface area contributed by atoms with Crippen molar-refractivity contribution >= 4 is 27.7 Å². The zero-order valence-corrected chi connectivity index (χ0v) is 31.1. The molecular formula is C35H46F3N7O5S2. The minimum atomic E-state index is -4.58. The van der Waals surface area contributed by atoms with Crippen LogP contribution in [0.25, 0.3) is 11.3 Å². The summed E-state index contributed by atoms with van der Waals surface area (Å²) in [6.07, 6.45) is -1.37. The molecule has 52 heavy (non-hydrogen) atoms. The first-order valence-corrected chi connectivity index (χ1v) is 20.3. The Balaban J connectivity index is 1.20. The fraction of sp³-hybridized carbons (Fsp3) is 0.571. The lowest BCUT2D eigenvalue weighted by molar-refractivity contribution is -0.139. The summed E-state index contributed by atoms with van der Waals surface area (Å²) in [7, 11) is -3.56. The summed E-state index contributed by atoms with van der Waals surface area (Å²) in [4.78, 5) is 22.0. The average molecular weight is 766 g/mol. The van der Waals surface area contributed by atoms with Crippen LogP contribution in [0.4, 0.5) is 13.2 Å². The number of thioether (sulfide) groups is 1. The molecule has 0 saturated carbocycles. The van der Waals surface area contributed by atoms with Crippen LogP contribution in [0.15, 0.2) is 47.5 Å². The maximum Gasteiger partial charge on any atom is 0.417 e. The lowest BCUT2D eigenvalue weighted by Gasteiger charge is -2.38. The number of fused-ring (bicyclic) bond motifs is 1. The number of rotatable bonds is 11. The van der Waals surface area contributed by atoms with Gasteiger partial charge < -0.3 is 20.0 Å². The van der Waals surface area contributed by atoms with E-state index in [1.54, 1.807) is 21.8 Å². The molecule has 1 aromatic carbocycles. The van der Waals surface area contributed by atoms with Crippen molar-refractivity contribution in [3.63, 3.8) is 0 Å². The van der Waals surface area contributed by atoms with Crippen LogP contribution < -0.4 is 0 Å². The molecule has 12 nitrogen and oxygen atoms in total. The number of aliphatic hydroxyl groups excluding tert-OH is 1. The van der Waals surface area contributed by atoms with Crippen molar-refractivity contribution in [2.45, 2.75) is 62.1 Å². The molecule has 1 amide bonds. The van der Waals surface area contributed by atoms with Gasteiger partial charge in [0.05, 0.1) is 35.9 Å². The van der Waals surface area contributed by atoms with Crippen LogP contribution in [0.5, 0.6) is 0 Å². The number of sulfonamides is 1. The topological polar surface area (TPSA) is 135 Å². The fourth-order valence-corrected chi connectivity index (χ4v) is 9.19. The molecule has 17 heteroatoms. The highest BCUT2D eigenvalue weighted by Gasteiger charge is 2.37. The summed E-state index contributed by atoms with van der Waals surface area (Å²) in [6.45, 7) is 6.35. The van der Waals surface area contributed by atoms with Gasteiger partial charge in [-0.2, -0.15) is 22.6 Å². The first-order valence-electron chi connectivity index (χ1n) is 17.5. The third-order valence-electron chi connectivity index (χ3n) is 10.3. The Morgan fingerprint density at radius 2 is 1.75 bits per heavy atom. The van der Waals surface area contributed by atoms with E-state index < -0.39 is 33.5 Å². The van der Waals surface area contributed by atoms with Gasteiger partial charge in [-0.15, -0.1) is 11.8 Å². The number of amides is 1. The molecule has 2 N–H and O–H groups in total. The van der Waals surface area contributed by atoms with Gasteiger partial charge in [0.1, 0.15) is 5.60 Å². The van der Waals surface area contributed by atoms with E-state index in [0.717, 1.165) is 29.8 Å². The molecule has 2 saturated heterocycles. The second-order valence-corrected chi connectivity index (χ2v) is 17.0. The quantitative estimate of drug-likeness (QED) is 0.281. The number of nitrogens with zero attached hydrogens (tertiary/aromatic N) is 7. The molecule has 6 rings (SSSR count). The third-order valence-corrected chi connectivity index (χ3v) is 12.6. The van der Waals surface area contributed by atoms with Crippen molar-refractivity contribution in [3.05, 3.63) is 65.1 Å².